The summed E-state index contributed by atoms with van der Waals surface area (Å²) in [5.74, 6) is -1.45. The van der Waals surface area contributed by atoms with Gasteiger partial charge in [0.15, 0.2) is 5.89 Å². The molecule has 2 rings (SSSR count). The van der Waals surface area contributed by atoms with E-state index in [1.807, 2.05) is 0 Å². The minimum absolute atomic E-state index is 0.0391. The number of nitrogens with zero attached hydrogens (tertiary/aromatic N) is 1. The molecule has 0 aromatic carbocycles. The van der Waals surface area contributed by atoms with Crippen LogP contribution in [0.4, 0.5) is 8.78 Å². The molecule has 1 N–H and O–H groups in total. The zero-order chi connectivity index (χ0) is 13.2. The smallest absolute Gasteiger partial charge is 0.248 e. The Morgan fingerprint density at radius 2 is 2.33 bits per heavy atom. The molecule has 18 heavy (non-hydrogen) atoms. The lowest BCUT2D eigenvalue weighted by molar-refractivity contribution is 0.00717. The van der Waals surface area contributed by atoms with Crippen LogP contribution in [0.3, 0.4) is 0 Å². The third-order valence-corrected chi connectivity index (χ3v) is 3.27. The van der Waals surface area contributed by atoms with E-state index < -0.39 is 5.92 Å². The lowest BCUT2D eigenvalue weighted by Crippen LogP contribution is -2.24. The van der Waals surface area contributed by atoms with Gasteiger partial charge in [-0.15, -0.1) is 0 Å². The average molecular weight is 258 g/mol. The molecule has 0 spiro atoms. The van der Waals surface area contributed by atoms with Crippen LogP contribution in [-0.2, 0) is 6.42 Å². The number of hydrogen-bond donors (Lipinski definition) is 1. The van der Waals surface area contributed by atoms with E-state index >= 15 is 0 Å². The highest BCUT2D eigenvalue weighted by Gasteiger charge is 2.41. The van der Waals surface area contributed by atoms with Crippen molar-refractivity contribution in [2.75, 3.05) is 6.54 Å². The largest absolute Gasteiger partial charge is 0.445 e. The molecule has 1 heterocycles. The molecule has 5 heteroatoms. The van der Waals surface area contributed by atoms with E-state index in [-0.39, 0.29) is 18.8 Å². The molecule has 1 aromatic rings. The molecule has 0 amide bonds. The third kappa shape index (κ3) is 3.51. The van der Waals surface area contributed by atoms with Crippen LogP contribution in [-0.4, -0.2) is 23.5 Å². The summed E-state index contributed by atoms with van der Waals surface area (Å²) >= 11 is 0. The first-order valence-electron chi connectivity index (χ1n) is 6.52. The van der Waals surface area contributed by atoms with Crippen molar-refractivity contribution >= 4 is 0 Å². The lowest BCUT2D eigenvalue weighted by atomic mass is 10.1. The van der Waals surface area contributed by atoms with Crippen molar-refractivity contribution < 1.29 is 13.2 Å². The standard InChI is InChI=1S/C13H20F2N2O/c1-9(2)16-6-4-12-17-8-11(18-12)10-3-5-13(14,15)7-10/h8-10,16H,3-7H2,1-2H3. The van der Waals surface area contributed by atoms with Crippen molar-refractivity contribution in [3.63, 3.8) is 0 Å². The second-order valence-electron chi connectivity index (χ2n) is 5.31. The fourth-order valence-electron chi connectivity index (χ4n) is 2.29. The third-order valence-electron chi connectivity index (χ3n) is 3.27. The van der Waals surface area contributed by atoms with Crippen molar-refractivity contribution in [1.82, 2.24) is 10.3 Å². The molecule has 1 aromatic heterocycles. The molecule has 0 saturated heterocycles. The second kappa shape index (κ2) is 5.34. The molecular weight excluding hydrogens is 238 g/mol. The number of hydrogen-bond acceptors (Lipinski definition) is 3. The van der Waals surface area contributed by atoms with Gasteiger partial charge >= 0.3 is 0 Å². The van der Waals surface area contributed by atoms with Crippen LogP contribution in [0.1, 0.15) is 50.7 Å². The minimum atomic E-state index is -2.53. The highest BCUT2D eigenvalue weighted by Crippen LogP contribution is 2.44. The second-order valence-corrected chi connectivity index (χ2v) is 5.31. The lowest BCUT2D eigenvalue weighted by Gasteiger charge is -2.07. The molecule has 3 nitrogen and oxygen atoms in total. The monoisotopic (exact) mass is 258 g/mol. The molecule has 0 radical (unpaired) electrons. The zero-order valence-electron chi connectivity index (χ0n) is 10.9. The SMILES string of the molecule is CC(C)NCCc1ncc(C2CCC(F)(F)C2)o1. The van der Waals surface area contributed by atoms with E-state index in [1.165, 1.54) is 0 Å². The first-order chi connectivity index (χ1) is 8.46. The molecule has 0 aliphatic heterocycles. The summed E-state index contributed by atoms with van der Waals surface area (Å²) < 4.78 is 31.8. The summed E-state index contributed by atoms with van der Waals surface area (Å²) in [6.07, 6.45) is 2.65. The Kier molecular flexibility index (Phi) is 4.00. The first-order valence-corrected chi connectivity index (χ1v) is 6.52. The highest BCUT2D eigenvalue weighted by molar-refractivity contribution is 5.06. The van der Waals surface area contributed by atoms with Crippen LogP contribution in [0, 0.1) is 0 Å². The molecule has 1 unspecified atom stereocenters. The number of nitrogens with one attached hydrogen (secondary N) is 1. The Morgan fingerprint density at radius 1 is 1.56 bits per heavy atom. The maximum Gasteiger partial charge on any atom is 0.248 e. The summed E-state index contributed by atoms with van der Waals surface area (Å²) in [5, 5.41) is 3.27. The first kappa shape index (κ1) is 13.5. The van der Waals surface area contributed by atoms with Gasteiger partial charge in [-0.2, -0.15) is 0 Å². The van der Waals surface area contributed by atoms with Crippen LogP contribution in [0.25, 0.3) is 0 Å². The van der Waals surface area contributed by atoms with Gasteiger partial charge in [-0.3, -0.25) is 0 Å². The van der Waals surface area contributed by atoms with Gasteiger partial charge < -0.3 is 9.73 Å². The average Bonchev–Trinajstić information content (AvgIpc) is 2.84. The van der Waals surface area contributed by atoms with Crippen molar-refractivity contribution in [2.45, 2.75) is 57.4 Å². The highest BCUT2D eigenvalue weighted by atomic mass is 19.3. The molecule has 1 atom stereocenters. The van der Waals surface area contributed by atoms with Crippen LogP contribution < -0.4 is 5.32 Å². The van der Waals surface area contributed by atoms with Crippen molar-refractivity contribution in [1.29, 1.82) is 0 Å². The van der Waals surface area contributed by atoms with Gasteiger partial charge in [0.2, 0.25) is 5.92 Å². The molecule has 1 fully saturated rings. The van der Waals surface area contributed by atoms with Gasteiger partial charge in [-0.05, 0) is 6.42 Å². The van der Waals surface area contributed by atoms with Crippen LogP contribution >= 0.6 is 0 Å². The minimum Gasteiger partial charge on any atom is -0.445 e. The normalized spacial score (nSPS) is 22.8. The van der Waals surface area contributed by atoms with Crippen molar-refractivity contribution in [2.24, 2.45) is 0 Å². The van der Waals surface area contributed by atoms with E-state index in [9.17, 15) is 8.78 Å². The molecule has 1 saturated carbocycles. The summed E-state index contributed by atoms with van der Waals surface area (Å²) in [4.78, 5) is 4.15. The molecule has 1 aliphatic rings. The summed E-state index contributed by atoms with van der Waals surface area (Å²) in [7, 11) is 0. The van der Waals surface area contributed by atoms with Gasteiger partial charge in [-0.25, -0.2) is 13.8 Å². The summed E-state index contributed by atoms with van der Waals surface area (Å²) in [6, 6.07) is 0.424. The summed E-state index contributed by atoms with van der Waals surface area (Å²) in [6.45, 7) is 4.93. The van der Waals surface area contributed by atoms with E-state index in [0.717, 1.165) is 6.54 Å². The maximum absolute atomic E-state index is 13.1. The van der Waals surface area contributed by atoms with Crippen LogP contribution in [0.5, 0.6) is 0 Å². The van der Waals surface area contributed by atoms with Crippen molar-refractivity contribution in [3.8, 4) is 0 Å². The number of alkyl halides is 2. The van der Waals surface area contributed by atoms with E-state index in [4.69, 9.17) is 4.42 Å². The maximum atomic E-state index is 13.1. The molecule has 1 aliphatic carbocycles. The van der Waals surface area contributed by atoms with Crippen LogP contribution in [0.15, 0.2) is 10.6 Å². The van der Waals surface area contributed by atoms with E-state index in [0.29, 0.717) is 30.5 Å². The number of oxazole rings is 1. The predicted molar refractivity (Wildman–Crippen MR) is 64.9 cm³/mol. The van der Waals surface area contributed by atoms with E-state index in [1.54, 1.807) is 6.20 Å². The zero-order valence-corrected chi connectivity index (χ0v) is 10.9. The number of rotatable bonds is 5. The Labute approximate surface area is 106 Å². The van der Waals surface area contributed by atoms with Gasteiger partial charge in [0.1, 0.15) is 5.76 Å². The topological polar surface area (TPSA) is 38.1 Å². The molecule has 102 valence electrons. The van der Waals surface area contributed by atoms with Crippen molar-refractivity contribution in [3.05, 3.63) is 17.8 Å². The van der Waals surface area contributed by atoms with Gasteiger partial charge in [0.25, 0.3) is 0 Å². The molecular formula is C13H20F2N2O. The molecule has 0 bridgehead atoms. The fraction of sp³-hybridized carbons (Fsp3) is 0.769. The van der Waals surface area contributed by atoms with Gasteiger partial charge in [-0.1, -0.05) is 13.8 Å². The Balaban J connectivity index is 1.87. The fourth-order valence-corrected chi connectivity index (χ4v) is 2.29. The Morgan fingerprint density at radius 3 is 2.94 bits per heavy atom. The van der Waals surface area contributed by atoms with Gasteiger partial charge in [0, 0.05) is 37.8 Å². The summed E-state index contributed by atoms with van der Waals surface area (Å²) in [5.41, 5.74) is 0. The number of aromatic nitrogens is 1. The Hall–Kier alpha value is -0.970. The van der Waals surface area contributed by atoms with Gasteiger partial charge in [0.05, 0.1) is 6.20 Å². The Bertz CT molecular complexity index is 390. The quantitative estimate of drug-likeness (QED) is 0.881. The van der Waals surface area contributed by atoms with Crippen LogP contribution in [0.2, 0.25) is 0 Å². The predicted octanol–water partition coefficient (Wildman–Crippen LogP) is 3.12. The number of halogens is 2. The van der Waals surface area contributed by atoms with E-state index in [2.05, 4.69) is 24.1 Å².